The van der Waals surface area contributed by atoms with Crippen LogP contribution in [0, 0.1) is 5.82 Å². The van der Waals surface area contributed by atoms with Crippen molar-refractivity contribution in [1.82, 2.24) is 9.55 Å². The number of halogens is 1. The van der Waals surface area contributed by atoms with Crippen molar-refractivity contribution in [1.29, 1.82) is 0 Å². The highest BCUT2D eigenvalue weighted by Crippen LogP contribution is 2.53. The summed E-state index contributed by atoms with van der Waals surface area (Å²) in [7, 11) is 0. The molecule has 0 aliphatic carbocycles. The lowest BCUT2D eigenvalue weighted by atomic mass is 9.81. The normalized spacial score (nSPS) is 12.7. The fraction of sp³-hybridized carbons (Fsp3) is 0.188. The van der Waals surface area contributed by atoms with Crippen LogP contribution >= 0.6 is 0 Å². The van der Waals surface area contributed by atoms with E-state index in [-0.39, 0.29) is 16.6 Å². The van der Waals surface area contributed by atoms with Crippen LogP contribution < -0.4 is 14.5 Å². The van der Waals surface area contributed by atoms with Gasteiger partial charge in [-0.2, -0.15) is 0 Å². The number of hydrogen-bond donors (Lipinski definition) is 0. The average molecular weight is 1130 g/mol. The molecule has 6 heteroatoms. The Morgan fingerprint density at radius 1 is 0.419 bits per heavy atom. The number of hydrogen-bond acceptors (Lipinski definition) is 4. The maximum atomic E-state index is 15.1. The molecule has 426 valence electrons. The number of fused-ring (bicyclic) bond motifs is 4. The van der Waals surface area contributed by atoms with Gasteiger partial charge in [-0.3, -0.25) is 4.57 Å². The number of nitrogens with zero attached hydrogens (tertiary/aromatic N) is 4. The van der Waals surface area contributed by atoms with Crippen molar-refractivity contribution in [3.8, 4) is 73.0 Å². The summed E-state index contributed by atoms with van der Waals surface area (Å²) >= 11 is 0. The zero-order valence-corrected chi connectivity index (χ0v) is 51.0. The number of ether oxygens (including phenoxy) is 1. The van der Waals surface area contributed by atoms with Gasteiger partial charge in [0.1, 0.15) is 29.8 Å². The van der Waals surface area contributed by atoms with E-state index in [2.05, 4.69) is 290 Å². The molecule has 0 saturated carbocycles. The van der Waals surface area contributed by atoms with Gasteiger partial charge in [-0.1, -0.05) is 191 Å². The van der Waals surface area contributed by atoms with E-state index < -0.39 is 0 Å². The van der Waals surface area contributed by atoms with Crippen LogP contribution in [0.4, 0.5) is 27.1 Å². The molecule has 1 aliphatic rings. The molecular weight excluding hydrogens is 1050 g/mol. The first-order valence-corrected chi connectivity index (χ1v) is 30.2. The van der Waals surface area contributed by atoms with E-state index in [1.165, 1.54) is 27.8 Å². The van der Waals surface area contributed by atoms with Gasteiger partial charge in [0.15, 0.2) is 0 Å². The second-order valence-electron chi connectivity index (χ2n) is 25.9. The Morgan fingerprint density at radius 2 is 0.965 bits per heavy atom. The Labute approximate surface area is 506 Å². The highest BCUT2D eigenvalue weighted by Gasteiger charge is 2.34. The third-order valence-corrected chi connectivity index (χ3v) is 17.2. The summed E-state index contributed by atoms with van der Waals surface area (Å²) in [6.07, 6.45) is 1.93. The summed E-state index contributed by atoms with van der Waals surface area (Å²) in [5.41, 5.74) is 21.9. The molecule has 0 spiro atoms. The van der Waals surface area contributed by atoms with Crippen molar-refractivity contribution in [3.05, 3.63) is 265 Å². The molecule has 0 fully saturated rings. The van der Waals surface area contributed by atoms with Crippen molar-refractivity contribution in [3.63, 3.8) is 0 Å². The Balaban J connectivity index is 1.02. The van der Waals surface area contributed by atoms with Crippen LogP contribution in [0.5, 0.6) is 11.5 Å². The second kappa shape index (κ2) is 22.2. The van der Waals surface area contributed by atoms with E-state index in [0.29, 0.717) is 30.0 Å². The first-order valence-electron chi connectivity index (χ1n) is 30.2. The highest BCUT2D eigenvalue weighted by molar-refractivity contribution is 6.09. The Hall–Kier alpha value is -9.52. The van der Waals surface area contributed by atoms with Crippen LogP contribution in [-0.4, -0.2) is 16.2 Å². The molecule has 5 nitrogen and oxygen atoms in total. The van der Waals surface area contributed by atoms with Crippen LogP contribution in [0.1, 0.15) is 103 Å². The molecule has 0 unspecified atom stereocenters. The van der Waals surface area contributed by atoms with Crippen molar-refractivity contribution in [2.75, 3.05) is 16.5 Å². The van der Waals surface area contributed by atoms with Gasteiger partial charge >= 0.3 is 0 Å². The van der Waals surface area contributed by atoms with E-state index in [9.17, 15) is 0 Å². The van der Waals surface area contributed by atoms with Crippen molar-refractivity contribution in [2.24, 2.45) is 0 Å². The number of benzene rings is 10. The van der Waals surface area contributed by atoms with Gasteiger partial charge < -0.3 is 14.5 Å². The smallest absolute Gasteiger partial charge is 0.137 e. The number of para-hydroxylation sites is 3. The summed E-state index contributed by atoms with van der Waals surface area (Å²) in [5, 5.41) is 2.27. The maximum absolute atomic E-state index is 15.1. The van der Waals surface area contributed by atoms with E-state index in [4.69, 9.17) is 9.72 Å². The minimum absolute atomic E-state index is 0.0657. The van der Waals surface area contributed by atoms with E-state index in [1.54, 1.807) is 12.1 Å². The van der Waals surface area contributed by atoms with Gasteiger partial charge in [-0.05, 0) is 186 Å². The summed E-state index contributed by atoms with van der Waals surface area (Å²) in [5.74, 6) is 2.64. The minimum Gasteiger partial charge on any atom is -0.457 e. The van der Waals surface area contributed by atoms with Crippen LogP contribution in [0.15, 0.2) is 237 Å². The molecular formula is C80H73FN4O. The first-order chi connectivity index (χ1) is 41.4. The standard InChI is InChI=1S/C80H73FN4O/c1-51(2)56-37-57(52(3)4)39-62(38-56)72-46-64(80(8,9)10)45-71(55-29-31-65(81)32-30-55)78(72)84-50-83(74-27-19-20-28-75(74)84)66-43-61(60-41-58(53-21-13-11-14-22-53)40-59(42-60)54-23-15-12-16-24-54)44-68(48-66)86-67-33-34-70-69-25-17-18-26-73(69)85(76(70)49-67)77-47-63(35-36-82-77)79(5,6)7/h11-49,51-52H,50H2,1-10H3. The predicted molar refractivity (Wildman–Crippen MR) is 360 cm³/mol. The maximum Gasteiger partial charge on any atom is 0.137 e. The fourth-order valence-corrected chi connectivity index (χ4v) is 12.3. The number of anilines is 4. The molecule has 0 atom stereocenters. The summed E-state index contributed by atoms with van der Waals surface area (Å²) in [6.45, 7) is 23.2. The lowest BCUT2D eigenvalue weighted by molar-refractivity contribution is 0.483. The largest absolute Gasteiger partial charge is 0.457 e. The summed E-state index contributed by atoms with van der Waals surface area (Å²) < 4.78 is 24.6. The highest BCUT2D eigenvalue weighted by atomic mass is 19.1. The molecule has 10 aromatic carbocycles. The van der Waals surface area contributed by atoms with Gasteiger partial charge in [0.25, 0.3) is 0 Å². The third-order valence-electron chi connectivity index (χ3n) is 17.2. The zero-order valence-electron chi connectivity index (χ0n) is 51.0. The molecule has 86 heavy (non-hydrogen) atoms. The molecule has 0 saturated heterocycles. The van der Waals surface area contributed by atoms with Crippen LogP contribution in [0.2, 0.25) is 0 Å². The Kier molecular flexibility index (Phi) is 14.3. The number of rotatable bonds is 12. The number of aromatic nitrogens is 2. The monoisotopic (exact) mass is 1120 g/mol. The van der Waals surface area contributed by atoms with E-state index in [0.717, 1.165) is 100 Å². The molecule has 0 N–H and O–H groups in total. The fourth-order valence-electron chi connectivity index (χ4n) is 12.3. The zero-order chi connectivity index (χ0) is 59.6. The molecule has 0 radical (unpaired) electrons. The average Bonchev–Trinajstić information content (AvgIpc) is 2.08. The quantitative estimate of drug-likeness (QED) is 0.122. The molecule has 2 aromatic heterocycles. The van der Waals surface area contributed by atoms with Gasteiger partial charge in [-0.25, -0.2) is 9.37 Å². The van der Waals surface area contributed by atoms with Crippen molar-refractivity contribution >= 4 is 44.6 Å². The van der Waals surface area contributed by atoms with Gasteiger partial charge in [0, 0.05) is 45.9 Å². The third kappa shape index (κ3) is 10.7. The van der Waals surface area contributed by atoms with E-state index >= 15 is 4.39 Å². The van der Waals surface area contributed by atoms with Gasteiger partial charge in [0.05, 0.1) is 28.1 Å². The summed E-state index contributed by atoms with van der Waals surface area (Å²) in [6, 6.07) is 82.0. The molecule has 1 aliphatic heterocycles. The Bertz CT molecular complexity index is 4420. The SMILES string of the molecule is CC(C)c1cc(-c2cc(C(C)(C)C)cc(-c3ccc(F)cc3)c2N2CN(c3cc(Oc4ccc5c6ccccc6n(-c6cc(C(C)(C)C)ccn6)c5c4)cc(-c4cc(-c5ccccc5)cc(-c5ccccc5)c4)c3)c3ccccc32)cc(C(C)C)c1. The first kappa shape index (κ1) is 55.7. The lowest BCUT2D eigenvalue weighted by Crippen LogP contribution is -2.25. The lowest BCUT2D eigenvalue weighted by Gasteiger charge is -2.31. The molecule has 0 amide bonds. The molecule has 13 rings (SSSR count). The Morgan fingerprint density at radius 3 is 1.58 bits per heavy atom. The predicted octanol–water partition coefficient (Wildman–Crippen LogP) is 22.5. The van der Waals surface area contributed by atoms with Gasteiger partial charge in [-0.15, -0.1) is 0 Å². The van der Waals surface area contributed by atoms with E-state index in [1.807, 2.05) is 18.3 Å². The molecule has 12 aromatic rings. The van der Waals surface area contributed by atoms with Gasteiger partial charge in [0.2, 0.25) is 0 Å². The van der Waals surface area contributed by atoms with Crippen molar-refractivity contribution in [2.45, 2.75) is 91.9 Å². The topological polar surface area (TPSA) is 33.5 Å². The van der Waals surface area contributed by atoms with Crippen LogP contribution in [-0.2, 0) is 10.8 Å². The van der Waals surface area contributed by atoms with Crippen LogP contribution in [0.3, 0.4) is 0 Å². The number of pyridine rings is 1. The van der Waals surface area contributed by atoms with Crippen molar-refractivity contribution < 1.29 is 9.13 Å². The molecule has 3 heterocycles. The second-order valence-corrected chi connectivity index (χ2v) is 25.9. The summed E-state index contributed by atoms with van der Waals surface area (Å²) in [4.78, 5) is 9.91. The molecule has 0 bridgehead atoms. The van der Waals surface area contributed by atoms with Crippen LogP contribution in [0.25, 0.3) is 83.3 Å². The minimum atomic E-state index is -0.264.